The molecule has 0 amide bonds. The average molecular weight is 1630 g/mol. The molecule has 0 bridgehead atoms. The third-order valence-electron chi connectivity index (χ3n) is 21.0. The fraction of sp³-hybridized carbons (Fsp3) is 0.375. The fourth-order valence-corrected chi connectivity index (χ4v) is 14.2. The maximum Gasteiger partial charge on any atom is 0.118 e. The quantitative estimate of drug-likeness (QED) is 0.0324. The van der Waals surface area contributed by atoms with Gasteiger partial charge in [0.05, 0.1) is 164 Å². The van der Waals surface area contributed by atoms with Gasteiger partial charge in [-0.25, -0.2) is 0 Å². The van der Waals surface area contributed by atoms with Crippen LogP contribution in [0.1, 0.15) is 55.6 Å². The van der Waals surface area contributed by atoms with Crippen molar-refractivity contribution >= 4 is 0 Å². The van der Waals surface area contributed by atoms with Crippen molar-refractivity contribution in [1.82, 2.24) is 0 Å². The molecule has 0 aliphatic heterocycles. The van der Waals surface area contributed by atoms with Crippen molar-refractivity contribution in [1.29, 1.82) is 0 Å². The molecule has 10 aromatic rings. The van der Waals surface area contributed by atoms with Gasteiger partial charge in [0.1, 0.15) is 131 Å². The van der Waals surface area contributed by atoms with Gasteiger partial charge in [0.2, 0.25) is 0 Å². The lowest BCUT2D eigenvalue weighted by atomic mass is 9.83. The summed E-state index contributed by atoms with van der Waals surface area (Å²) in [6.45, 7) is 1.60. The second-order valence-corrected chi connectivity index (χ2v) is 28.5. The highest BCUT2D eigenvalue weighted by Crippen LogP contribution is 2.40. The van der Waals surface area contributed by atoms with Crippen LogP contribution in [0.25, 0.3) is 0 Å². The molecule has 119 heavy (non-hydrogen) atoms. The first-order chi connectivity index (χ1) is 58.5. The molecule has 23 heteroatoms. The maximum atomic E-state index is 7.35. The Kier molecular flexibility index (Phi) is 34.2. The topological polar surface area (TPSA) is 212 Å². The lowest BCUT2D eigenvalue weighted by molar-refractivity contribution is -0.293. The molecule has 2 aliphatic rings. The van der Waals surface area contributed by atoms with E-state index in [1.807, 2.05) is 243 Å². The van der Waals surface area contributed by atoms with Crippen molar-refractivity contribution in [3.63, 3.8) is 0 Å². The molecule has 0 N–H and O–H groups in total. The van der Waals surface area contributed by atoms with Crippen LogP contribution in [0.3, 0.4) is 0 Å². The number of rotatable bonds is 48. The van der Waals surface area contributed by atoms with Crippen LogP contribution in [0.2, 0.25) is 0 Å². The highest BCUT2D eigenvalue weighted by molar-refractivity contribution is 5.35. The van der Waals surface area contributed by atoms with Gasteiger partial charge in [-0.15, -0.1) is 0 Å². The lowest BCUT2D eigenvalue weighted by Gasteiger charge is -2.50. The molecule has 632 valence electrons. The molecular formula is C96H110O23. The van der Waals surface area contributed by atoms with Crippen molar-refractivity contribution in [3.8, 4) is 57.5 Å². The van der Waals surface area contributed by atoms with E-state index in [9.17, 15) is 0 Å². The predicted octanol–water partition coefficient (Wildman–Crippen LogP) is 15.7. The Balaban J connectivity index is 0.899. The van der Waals surface area contributed by atoms with E-state index in [-0.39, 0.29) is 92.5 Å². The zero-order chi connectivity index (χ0) is 82.9. The number of hydrogen-bond acceptors (Lipinski definition) is 23. The van der Waals surface area contributed by atoms with Gasteiger partial charge in [-0.3, -0.25) is 0 Å². The summed E-state index contributed by atoms with van der Waals surface area (Å²) in [7, 11) is 16.4. The Morgan fingerprint density at radius 1 is 0.134 bits per heavy atom. The molecule has 0 saturated heterocycles. The van der Waals surface area contributed by atoms with E-state index in [0.29, 0.717) is 57.5 Å². The number of methoxy groups -OCH3 is 10. The minimum absolute atomic E-state index is 0.0314. The molecule has 12 rings (SSSR count). The molecular weight excluding hydrogens is 1520 g/mol. The minimum Gasteiger partial charge on any atom is -0.497 e. The predicted molar refractivity (Wildman–Crippen MR) is 446 cm³/mol. The third kappa shape index (κ3) is 25.4. The van der Waals surface area contributed by atoms with Crippen LogP contribution in [0.5, 0.6) is 57.5 Å². The van der Waals surface area contributed by atoms with Crippen molar-refractivity contribution in [3.05, 3.63) is 298 Å². The highest BCUT2D eigenvalue weighted by atomic mass is 16.6. The lowest BCUT2D eigenvalue weighted by Crippen LogP contribution is -2.67. The van der Waals surface area contributed by atoms with Crippen molar-refractivity contribution < 1.29 is 109 Å². The van der Waals surface area contributed by atoms with Gasteiger partial charge in [-0.2, -0.15) is 0 Å². The van der Waals surface area contributed by atoms with Gasteiger partial charge in [0, 0.05) is 0 Å². The molecule has 2 fully saturated rings. The van der Waals surface area contributed by atoms with E-state index < -0.39 is 73.2 Å². The van der Waals surface area contributed by atoms with Crippen LogP contribution in [0.15, 0.2) is 243 Å². The first-order valence-corrected chi connectivity index (χ1v) is 39.7. The van der Waals surface area contributed by atoms with Crippen LogP contribution in [-0.2, 0) is 128 Å². The number of benzene rings is 10. The standard InChI is InChI=1S/C96H110O23/c1-97-75-31-11-65(12-32-75)55-110-87-85(88(111-56-66-13-33-76(98-2)34-14-66)92(115-60-70-21-41-80(102-6)42-22-70)95(118-63-73-27-47-83(105-9)48-28-73)91(87)114-59-69-19-39-79(101-5)40-20-69)108-53-51-107-52-54-109-86-89(112-57-67-15-35-77(99-3)36-16-67)93(116-61-71-23-43-81(103-7)44-24-71)96(119-64-74-29-49-84(106-10)50-30-74)94(117-62-72-25-45-82(104-8)46-26-72)90(86)113-58-68-17-37-78(100-4)38-18-68/h11-50,85-96H,51-64H2,1-10H3/t85?,86?,87-,88+,89-,90+,91+,92-,93+,94-,95?,96?. The van der Waals surface area contributed by atoms with E-state index in [1.54, 1.807) is 71.1 Å². The zero-order valence-corrected chi connectivity index (χ0v) is 69.3. The Hall–Kier alpha value is -10.3. The van der Waals surface area contributed by atoms with E-state index in [4.69, 9.17) is 109 Å². The summed E-state index contributed by atoms with van der Waals surface area (Å²) in [5.74, 6) is 6.99. The van der Waals surface area contributed by atoms with Crippen molar-refractivity contribution in [2.75, 3.05) is 97.5 Å². The second kappa shape index (κ2) is 46.3. The second-order valence-electron chi connectivity index (χ2n) is 28.5. The molecule has 2 saturated carbocycles. The summed E-state index contributed by atoms with van der Waals surface area (Å²) in [4.78, 5) is 0. The van der Waals surface area contributed by atoms with Crippen molar-refractivity contribution in [2.45, 2.75) is 139 Å². The number of ether oxygens (including phenoxy) is 23. The molecule has 12 atom stereocenters. The summed E-state index contributed by atoms with van der Waals surface area (Å²) >= 11 is 0. The summed E-state index contributed by atoms with van der Waals surface area (Å²) in [6.07, 6.45) is -10.7. The Bertz CT molecular complexity index is 3990. The molecule has 0 radical (unpaired) electrons. The first-order valence-electron chi connectivity index (χ1n) is 39.7. The fourth-order valence-electron chi connectivity index (χ4n) is 14.2. The van der Waals surface area contributed by atoms with Gasteiger partial charge >= 0.3 is 0 Å². The van der Waals surface area contributed by atoms with Crippen LogP contribution in [0.4, 0.5) is 0 Å². The average Bonchev–Trinajstić information content (AvgIpc) is 0.766. The maximum absolute atomic E-state index is 7.35. The highest BCUT2D eigenvalue weighted by Gasteiger charge is 2.57. The number of hydrogen-bond donors (Lipinski definition) is 0. The van der Waals surface area contributed by atoms with E-state index in [1.165, 1.54) is 0 Å². The summed E-state index contributed by atoms with van der Waals surface area (Å²) < 4.78 is 150. The Morgan fingerprint density at radius 3 is 0.336 bits per heavy atom. The van der Waals surface area contributed by atoms with Gasteiger partial charge in [0.15, 0.2) is 0 Å². The Morgan fingerprint density at radius 2 is 0.235 bits per heavy atom. The van der Waals surface area contributed by atoms with Gasteiger partial charge in [-0.05, 0) is 177 Å². The third-order valence-corrected chi connectivity index (χ3v) is 21.0. The van der Waals surface area contributed by atoms with Crippen molar-refractivity contribution in [2.24, 2.45) is 0 Å². The minimum atomic E-state index is -0.923. The first kappa shape index (κ1) is 88.0. The van der Waals surface area contributed by atoms with Crippen LogP contribution in [-0.4, -0.2) is 171 Å². The smallest absolute Gasteiger partial charge is 0.118 e. The SMILES string of the molecule is COc1ccc(COC2[C@@H](OCc3ccc(OC)cc3)[C@H](OCc3ccc(OC)cc3)C(OCCOCCOC3[C@@H](OCc4ccc(OC)cc4)[C@H](OCc4ccc(OC)cc4)C(OCc4ccc(OC)cc4)[C@H](OCc4ccc(OC)cc4)[C@H]3OCc3ccc(OC)cc3)[C@H](OCc3ccc(OC)cc3)[C@H]2OCc2ccc(OC)cc2)cc1. The van der Waals surface area contributed by atoms with E-state index >= 15 is 0 Å². The molecule has 10 aromatic carbocycles. The molecule has 4 unspecified atom stereocenters. The Labute approximate surface area is 698 Å². The summed E-state index contributed by atoms with van der Waals surface area (Å²) in [5.41, 5.74) is 8.73. The normalized spacial score (nSPS) is 20.3. The van der Waals surface area contributed by atoms with E-state index in [0.717, 1.165) is 55.6 Å². The molecule has 0 heterocycles. The van der Waals surface area contributed by atoms with Gasteiger partial charge < -0.3 is 109 Å². The monoisotopic (exact) mass is 1630 g/mol. The van der Waals surface area contributed by atoms with Crippen LogP contribution < -0.4 is 47.4 Å². The van der Waals surface area contributed by atoms with Crippen LogP contribution in [0, 0.1) is 0 Å². The molecule has 23 nitrogen and oxygen atoms in total. The van der Waals surface area contributed by atoms with Crippen LogP contribution >= 0.6 is 0 Å². The zero-order valence-electron chi connectivity index (χ0n) is 69.3. The largest absolute Gasteiger partial charge is 0.497 e. The molecule has 0 spiro atoms. The van der Waals surface area contributed by atoms with Gasteiger partial charge in [0.25, 0.3) is 0 Å². The van der Waals surface area contributed by atoms with E-state index in [2.05, 4.69) is 0 Å². The molecule has 2 aliphatic carbocycles. The van der Waals surface area contributed by atoms with Gasteiger partial charge in [-0.1, -0.05) is 121 Å². The summed E-state index contributed by atoms with van der Waals surface area (Å²) in [6, 6.07) is 77.5. The molecule has 0 aromatic heterocycles. The summed E-state index contributed by atoms with van der Waals surface area (Å²) in [5, 5.41) is 0.